The van der Waals surface area contributed by atoms with Gasteiger partial charge in [-0.2, -0.15) is 0 Å². The van der Waals surface area contributed by atoms with Crippen LogP contribution in [0, 0.1) is 10.1 Å². The number of benzene rings is 1. The lowest BCUT2D eigenvalue weighted by atomic mass is 10.0. The maximum absolute atomic E-state index is 10.7. The third-order valence-electron chi connectivity index (χ3n) is 2.16. The summed E-state index contributed by atoms with van der Waals surface area (Å²) in [5.41, 5.74) is -0.406. The number of rotatable bonds is 5. The van der Waals surface area contributed by atoms with Gasteiger partial charge in [-0.1, -0.05) is 0 Å². The molecule has 0 aromatic heterocycles. The van der Waals surface area contributed by atoms with Crippen LogP contribution >= 0.6 is 0 Å². The van der Waals surface area contributed by atoms with Crippen molar-refractivity contribution in [2.45, 2.75) is 12.5 Å². The molecule has 92 valence electrons. The van der Waals surface area contributed by atoms with Crippen molar-refractivity contribution in [3.8, 4) is 5.75 Å². The van der Waals surface area contributed by atoms with Gasteiger partial charge in [-0.15, -0.1) is 0 Å². The van der Waals surface area contributed by atoms with Crippen LogP contribution in [0.1, 0.15) is 18.1 Å². The van der Waals surface area contributed by atoms with Gasteiger partial charge in [0.1, 0.15) is 5.75 Å². The molecule has 17 heavy (non-hydrogen) atoms. The number of carboxylic acids is 1. The normalized spacial score (nSPS) is 11.9. The molecule has 2 N–H and O–H groups in total. The second-order valence-corrected chi connectivity index (χ2v) is 3.30. The zero-order valence-electron chi connectivity index (χ0n) is 8.99. The Labute approximate surface area is 96.4 Å². The zero-order valence-corrected chi connectivity index (χ0v) is 8.99. The number of nitro benzene ring substituents is 1. The molecular weight excluding hydrogens is 230 g/mol. The molecule has 7 heteroatoms. The van der Waals surface area contributed by atoms with Gasteiger partial charge >= 0.3 is 5.97 Å². The van der Waals surface area contributed by atoms with Crippen LogP contribution in [-0.2, 0) is 4.79 Å². The Balaban J connectivity index is 3.16. The van der Waals surface area contributed by atoms with Crippen LogP contribution in [0.4, 0.5) is 5.69 Å². The van der Waals surface area contributed by atoms with Crippen LogP contribution in [0.5, 0.6) is 5.75 Å². The molecule has 0 saturated heterocycles. The number of methoxy groups -OCH3 is 1. The molecular formula is C10H11NO6. The lowest BCUT2D eigenvalue weighted by Gasteiger charge is -2.10. The summed E-state index contributed by atoms with van der Waals surface area (Å²) in [6.45, 7) is 0. The lowest BCUT2D eigenvalue weighted by Crippen LogP contribution is -2.08. The number of hydrogen-bond acceptors (Lipinski definition) is 5. The molecule has 0 radical (unpaired) electrons. The molecule has 0 saturated carbocycles. The number of nitrogens with zero attached hydrogens (tertiary/aromatic N) is 1. The summed E-state index contributed by atoms with van der Waals surface area (Å²) in [7, 11) is 1.37. The monoisotopic (exact) mass is 241 g/mol. The Morgan fingerprint density at radius 2 is 2.24 bits per heavy atom. The second-order valence-electron chi connectivity index (χ2n) is 3.30. The number of hydrogen-bond donors (Lipinski definition) is 2. The first-order valence-electron chi connectivity index (χ1n) is 4.68. The van der Waals surface area contributed by atoms with E-state index in [4.69, 9.17) is 9.84 Å². The van der Waals surface area contributed by atoms with Crippen molar-refractivity contribution in [3.63, 3.8) is 0 Å². The zero-order chi connectivity index (χ0) is 13.0. The van der Waals surface area contributed by atoms with Gasteiger partial charge in [0.2, 0.25) is 0 Å². The van der Waals surface area contributed by atoms with E-state index in [1.165, 1.54) is 25.3 Å². The van der Waals surface area contributed by atoms with Gasteiger partial charge in [-0.05, 0) is 12.1 Å². The molecule has 1 aromatic rings. The number of carbonyl (C=O) groups is 1. The van der Waals surface area contributed by atoms with Crippen molar-refractivity contribution in [3.05, 3.63) is 33.9 Å². The standard InChI is InChI=1S/C10H11NO6/c1-17-6-2-3-8(11(15)16)7(4-6)9(12)5-10(13)14/h2-4,9,12H,5H2,1H3,(H,13,14). The van der Waals surface area contributed by atoms with Crippen molar-refractivity contribution in [1.82, 2.24) is 0 Å². The fourth-order valence-corrected chi connectivity index (χ4v) is 1.37. The minimum absolute atomic E-state index is 0.0725. The molecule has 0 aliphatic carbocycles. The molecule has 1 aromatic carbocycles. The van der Waals surface area contributed by atoms with E-state index in [0.717, 1.165) is 0 Å². The molecule has 0 aliphatic heterocycles. The van der Waals surface area contributed by atoms with Gasteiger partial charge < -0.3 is 14.9 Å². The molecule has 1 unspecified atom stereocenters. The highest BCUT2D eigenvalue weighted by Crippen LogP contribution is 2.30. The van der Waals surface area contributed by atoms with E-state index in [1.807, 2.05) is 0 Å². The summed E-state index contributed by atoms with van der Waals surface area (Å²) in [6, 6.07) is 3.79. The first kappa shape index (κ1) is 12.9. The van der Waals surface area contributed by atoms with Gasteiger partial charge in [0, 0.05) is 6.07 Å². The fraction of sp³-hybridized carbons (Fsp3) is 0.300. The number of carboxylic acid groups (broad SMARTS) is 1. The summed E-state index contributed by atoms with van der Waals surface area (Å²) in [6.07, 6.45) is -2.04. The second kappa shape index (κ2) is 5.26. The van der Waals surface area contributed by atoms with Crippen molar-refractivity contribution in [2.24, 2.45) is 0 Å². The van der Waals surface area contributed by atoms with Crippen LogP contribution in [0.2, 0.25) is 0 Å². The van der Waals surface area contributed by atoms with Crippen LogP contribution < -0.4 is 4.74 Å². The van der Waals surface area contributed by atoms with E-state index in [0.29, 0.717) is 5.75 Å². The van der Waals surface area contributed by atoms with Gasteiger partial charge in [0.15, 0.2) is 0 Å². The maximum Gasteiger partial charge on any atom is 0.306 e. The third kappa shape index (κ3) is 3.15. The molecule has 7 nitrogen and oxygen atoms in total. The van der Waals surface area contributed by atoms with Gasteiger partial charge in [0.05, 0.1) is 30.1 Å². The first-order valence-corrected chi connectivity index (χ1v) is 4.68. The Kier molecular flexibility index (Phi) is 4.00. The molecule has 0 amide bonds. The number of nitro groups is 1. The summed E-state index contributed by atoms with van der Waals surface area (Å²) in [4.78, 5) is 20.5. The lowest BCUT2D eigenvalue weighted by molar-refractivity contribution is -0.386. The predicted molar refractivity (Wildman–Crippen MR) is 56.9 cm³/mol. The first-order chi connectivity index (χ1) is 7.95. The summed E-state index contributed by atoms with van der Waals surface area (Å²) < 4.78 is 4.86. The van der Waals surface area contributed by atoms with Crippen LogP contribution in [0.15, 0.2) is 18.2 Å². The van der Waals surface area contributed by atoms with Crippen molar-refractivity contribution >= 4 is 11.7 Å². The Bertz CT molecular complexity index is 444. The van der Waals surface area contributed by atoms with Crippen molar-refractivity contribution < 1.29 is 24.7 Å². The predicted octanol–water partition coefficient (Wildman–Crippen LogP) is 1.11. The minimum atomic E-state index is -1.44. The number of aliphatic hydroxyl groups excluding tert-OH is 1. The highest BCUT2D eigenvalue weighted by Gasteiger charge is 2.23. The van der Waals surface area contributed by atoms with Crippen LogP contribution in [0.3, 0.4) is 0 Å². The van der Waals surface area contributed by atoms with Gasteiger partial charge in [-0.25, -0.2) is 0 Å². The largest absolute Gasteiger partial charge is 0.497 e. The Morgan fingerprint density at radius 1 is 1.59 bits per heavy atom. The maximum atomic E-state index is 10.7. The van der Waals surface area contributed by atoms with Gasteiger partial charge in [0.25, 0.3) is 5.69 Å². The van der Waals surface area contributed by atoms with Crippen LogP contribution in [-0.4, -0.2) is 28.2 Å². The number of ether oxygens (including phenoxy) is 1. The molecule has 0 heterocycles. The summed E-state index contributed by atoms with van der Waals surface area (Å²) >= 11 is 0. The molecule has 0 spiro atoms. The van der Waals surface area contributed by atoms with Crippen LogP contribution in [0.25, 0.3) is 0 Å². The fourth-order valence-electron chi connectivity index (χ4n) is 1.37. The van der Waals surface area contributed by atoms with E-state index < -0.39 is 23.4 Å². The van der Waals surface area contributed by atoms with Crippen molar-refractivity contribution in [2.75, 3.05) is 7.11 Å². The molecule has 1 atom stereocenters. The smallest absolute Gasteiger partial charge is 0.306 e. The highest BCUT2D eigenvalue weighted by molar-refractivity contribution is 5.68. The van der Waals surface area contributed by atoms with E-state index in [9.17, 15) is 20.0 Å². The van der Waals surface area contributed by atoms with E-state index in [2.05, 4.69) is 0 Å². The third-order valence-corrected chi connectivity index (χ3v) is 2.16. The average Bonchev–Trinajstić information content (AvgIpc) is 2.27. The molecule has 0 aliphatic rings. The quantitative estimate of drug-likeness (QED) is 0.590. The summed E-state index contributed by atoms with van der Waals surface area (Å²) in [5, 5.41) is 28.9. The molecule has 0 bridgehead atoms. The highest BCUT2D eigenvalue weighted by atomic mass is 16.6. The average molecular weight is 241 g/mol. The van der Waals surface area contributed by atoms with Gasteiger partial charge in [-0.3, -0.25) is 14.9 Å². The number of aliphatic hydroxyl groups is 1. The topological polar surface area (TPSA) is 110 Å². The SMILES string of the molecule is COc1ccc([N+](=O)[O-])c(C(O)CC(=O)O)c1. The minimum Gasteiger partial charge on any atom is -0.497 e. The van der Waals surface area contributed by atoms with E-state index in [1.54, 1.807) is 0 Å². The van der Waals surface area contributed by atoms with Crippen molar-refractivity contribution in [1.29, 1.82) is 0 Å². The Morgan fingerprint density at radius 3 is 2.71 bits per heavy atom. The van der Waals surface area contributed by atoms with E-state index in [-0.39, 0.29) is 11.3 Å². The Hall–Kier alpha value is -2.15. The summed E-state index contributed by atoms with van der Waals surface area (Å²) in [5.74, 6) is -0.926. The number of aliphatic carboxylic acids is 1. The van der Waals surface area contributed by atoms with E-state index >= 15 is 0 Å². The molecule has 0 fully saturated rings. The molecule has 1 rings (SSSR count).